The van der Waals surface area contributed by atoms with E-state index in [2.05, 4.69) is 15.5 Å². The van der Waals surface area contributed by atoms with Crippen molar-refractivity contribution in [3.05, 3.63) is 16.8 Å². The lowest BCUT2D eigenvalue weighted by Gasteiger charge is -2.08. The van der Waals surface area contributed by atoms with Crippen LogP contribution in [0.2, 0.25) is 0 Å². The zero-order valence-corrected chi connectivity index (χ0v) is 11.6. The van der Waals surface area contributed by atoms with Gasteiger partial charge in [-0.15, -0.1) is 10.2 Å². The molecule has 0 aromatic carbocycles. The Morgan fingerprint density at radius 1 is 1.56 bits per heavy atom. The van der Waals surface area contributed by atoms with Gasteiger partial charge in [-0.2, -0.15) is 11.3 Å². The molecule has 0 aliphatic heterocycles. The van der Waals surface area contributed by atoms with Crippen LogP contribution in [0.3, 0.4) is 0 Å². The first-order valence-corrected chi connectivity index (χ1v) is 7.39. The SMILES string of the molecule is CCCC(N)C(=O)Nc1nnc(-c2ccsc2)s1. The number of carbonyl (C=O) groups is 1. The average Bonchev–Trinajstić information content (AvgIpc) is 2.98. The van der Waals surface area contributed by atoms with Crippen LogP contribution in [0.4, 0.5) is 5.13 Å². The summed E-state index contributed by atoms with van der Waals surface area (Å²) in [6.07, 6.45) is 1.55. The highest BCUT2D eigenvalue weighted by atomic mass is 32.1. The molecule has 0 saturated carbocycles. The molecule has 1 unspecified atom stereocenters. The van der Waals surface area contributed by atoms with Crippen molar-refractivity contribution in [3.63, 3.8) is 0 Å². The predicted molar refractivity (Wildman–Crippen MR) is 74.7 cm³/mol. The van der Waals surface area contributed by atoms with Crippen molar-refractivity contribution in [1.82, 2.24) is 10.2 Å². The van der Waals surface area contributed by atoms with E-state index < -0.39 is 6.04 Å². The molecule has 2 aromatic heterocycles. The van der Waals surface area contributed by atoms with Gasteiger partial charge in [0.05, 0.1) is 6.04 Å². The fourth-order valence-corrected chi connectivity index (χ4v) is 2.87. The Labute approximate surface area is 113 Å². The monoisotopic (exact) mass is 282 g/mol. The Bertz CT molecular complexity index is 509. The third kappa shape index (κ3) is 3.12. The number of hydrogen-bond acceptors (Lipinski definition) is 6. The van der Waals surface area contributed by atoms with Gasteiger partial charge in [-0.3, -0.25) is 10.1 Å². The summed E-state index contributed by atoms with van der Waals surface area (Å²) < 4.78 is 0. The van der Waals surface area contributed by atoms with Gasteiger partial charge >= 0.3 is 0 Å². The van der Waals surface area contributed by atoms with E-state index in [0.717, 1.165) is 17.0 Å². The summed E-state index contributed by atoms with van der Waals surface area (Å²) in [5, 5.41) is 15.9. The van der Waals surface area contributed by atoms with Crippen molar-refractivity contribution in [1.29, 1.82) is 0 Å². The summed E-state index contributed by atoms with van der Waals surface area (Å²) in [6, 6.07) is 1.49. The normalized spacial score (nSPS) is 12.3. The summed E-state index contributed by atoms with van der Waals surface area (Å²) in [7, 11) is 0. The highest BCUT2D eigenvalue weighted by Crippen LogP contribution is 2.27. The van der Waals surface area contributed by atoms with Crippen LogP contribution >= 0.6 is 22.7 Å². The van der Waals surface area contributed by atoms with Gasteiger partial charge in [0.25, 0.3) is 0 Å². The standard InChI is InChI=1S/C11H14N4OS2/c1-2-3-8(12)9(16)13-11-15-14-10(18-11)7-4-5-17-6-7/h4-6,8H,2-3,12H2,1H3,(H,13,15,16). The number of rotatable bonds is 5. The van der Waals surface area contributed by atoms with Gasteiger partial charge in [-0.05, 0) is 17.9 Å². The lowest BCUT2D eigenvalue weighted by molar-refractivity contribution is -0.117. The van der Waals surface area contributed by atoms with Crippen LogP contribution in [0.25, 0.3) is 10.6 Å². The fourth-order valence-electron chi connectivity index (χ4n) is 1.42. The van der Waals surface area contributed by atoms with Crippen LogP contribution in [0.5, 0.6) is 0 Å². The van der Waals surface area contributed by atoms with Gasteiger partial charge in [0.1, 0.15) is 5.01 Å². The molecule has 0 fully saturated rings. The van der Waals surface area contributed by atoms with E-state index in [0.29, 0.717) is 11.6 Å². The van der Waals surface area contributed by atoms with E-state index in [4.69, 9.17) is 5.73 Å². The van der Waals surface area contributed by atoms with Crippen molar-refractivity contribution in [2.75, 3.05) is 5.32 Å². The molecule has 96 valence electrons. The minimum atomic E-state index is -0.483. The highest BCUT2D eigenvalue weighted by molar-refractivity contribution is 7.19. The second-order valence-electron chi connectivity index (χ2n) is 3.81. The smallest absolute Gasteiger partial charge is 0.243 e. The van der Waals surface area contributed by atoms with Crippen molar-refractivity contribution in [2.24, 2.45) is 5.73 Å². The number of thiophene rings is 1. The molecule has 0 aliphatic carbocycles. The minimum absolute atomic E-state index is 0.204. The molecule has 1 atom stereocenters. The van der Waals surface area contributed by atoms with Gasteiger partial charge < -0.3 is 5.73 Å². The first kappa shape index (κ1) is 13.1. The number of nitrogens with zero attached hydrogens (tertiary/aromatic N) is 2. The van der Waals surface area contributed by atoms with Crippen LogP contribution in [0.15, 0.2) is 16.8 Å². The van der Waals surface area contributed by atoms with Crippen molar-refractivity contribution in [2.45, 2.75) is 25.8 Å². The van der Waals surface area contributed by atoms with Crippen LogP contribution in [0, 0.1) is 0 Å². The van der Waals surface area contributed by atoms with Gasteiger partial charge in [-0.25, -0.2) is 0 Å². The van der Waals surface area contributed by atoms with Crippen molar-refractivity contribution in [3.8, 4) is 10.6 Å². The maximum absolute atomic E-state index is 11.7. The van der Waals surface area contributed by atoms with Gasteiger partial charge in [0.15, 0.2) is 0 Å². The molecule has 2 aromatic rings. The Morgan fingerprint density at radius 2 is 2.39 bits per heavy atom. The number of anilines is 1. The van der Waals surface area contributed by atoms with E-state index in [-0.39, 0.29) is 5.91 Å². The number of hydrogen-bond donors (Lipinski definition) is 2. The van der Waals surface area contributed by atoms with Gasteiger partial charge in [0.2, 0.25) is 11.0 Å². The molecule has 0 spiro atoms. The molecule has 0 bridgehead atoms. The molecular weight excluding hydrogens is 268 g/mol. The molecule has 0 aliphatic rings. The van der Waals surface area contributed by atoms with Crippen LogP contribution in [-0.4, -0.2) is 22.1 Å². The zero-order valence-electron chi connectivity index (χ0n) is 9.92. The van der Waals surface area contributed by atoms with E-state index in [9.17, 15) is 4.79 Å². The van der Waals surface area contributed by atoms with E-state index in [1.807, 2.05) is 23.8 Å². The lowest BCUT2D eigenvalue weighted by Crippen LogP contribution is -2.35. The summed E-state index contributed by atoms with van der Waals surface area (Å²) >= 11 is 2.95. The first-order valence-electron chi connectivity index (χ1n) is 5.63. The summed E-state index contributed by atoms with van der Waals surface area (Å²) in [5.74, 6) is -0.204. The predicted octanol–water partition coefficient (Wildman–Crippen LogP) is 2.33. The third-order valence-corrected chi connectivity index (χ3v) is 3.93. The van der Waals surface area contributed by atoms with Crippen molar-refractivity contribution >= 4 is 33.7 Å². The Balaban J connectivity index is 2.01. The lowest BCUT2D eigenvalue weighted by atomic mass is 10.2. The summed E-state index contributed by atoms with van der Waals surface area (Å²) in [5.41, 5.74) is 6.75. The van der Waals surface area contributed by atoms with E-state index in [1.54, 1.807) is 11.3 Å². The Morgan fingerprint density at radius 3 is 3.06 bits per heavy atom. The van der Waals surface area contributed by atoms with E-state index in [1.165, 1.54) is 11.3 Å². The summed E-state index contributed by atoms with van der Waals surface area (Å²) in [4.78, 5) is 11.7. The second-order valence-corrected chi connectivity index (χ2v) is 5.57. The second kappa shape index (κ2) is 6.03. The quantitative estimate of drug-likeness (QED) is 0.882. The molecule has 0 radical (unpaired) electrons. The van der Waals surface area contributed by atoms with Crippen molar-refractivity contribution < 1.29 is 4.79 Å². The van der Waals surface area contributed by atoms with Gasteiger partial charge in [0, 0.05) is 10.9 Å². The molecule has 5 nitrogen and oxygen atoms in total. The minimum Gasteiger partial charge on any atom is -0.320 e. The van der Waals surface area contributed by atoms with Crippen LogP contribution < -0.4 is 11.1 Å². The number of nitrogens with one attached hydrogen (secondary N) is 1. The molecule has 0 saturated heterocycles. The Hall–Kier alpha value is -1.31. The molecule has 2 rings (SSSR count). The third-order valence-electron chi connectivity index (χ3n) is 2.36. The van der Waals surface area contributed by atoms with Crippen LogP contribution in [0.1, 0.15) is 19.8 Å². The average molecular weight is 282 g/mol. The largest absolute Gasteiger partial charge is 0.320 e. The zero-order chi connectivity index (χ0) is 13.0. The molecular formula is C11H14N4OS2. The number of amides is 1. The van der Waals surface area contributed by atoms with Gasteiger partial charge in [-0.1, -0.05) is 24.7 Å². The first-order chi connectivity index (χ1) is 8.70. The summed E-state index contributed by atoms with van der Waals surface area (Å²) in [6.45, 7) is 1.99. The fraction of sp³-hybridized carbons (Fsp3) is 0.364. The molecule has 7 heteroatoms. The number of aromatic nitrogens is 2. The maximum Gasteiger partial charge on any atom is 0.243 e. The Kier molecular flexibility index (Phi) is 4.40. The number of nitrogens with two attached hydrogens (primary N) is 1. The molecule has 3 N–H and O–H groups in total. The molecule has 18 heavy (non-hydrogen) atoms. The highest BCUT2D eigenvalue weighted by Gasteiger charge is 2.15. The molecule has 1 amide bonds. The number of carbonyl (C=O) groups excluding carboxylic acids is 1. The maximum atomic E-state index is 11.7. The molecule has 2 heterocycles. The topological polar surface area (TPSA) is 80.9 Å². The van der Waals surface area contributed by atoms with E-state index >= 15 is 0 Å². The van der Waals surface area contributed by atoms with Crippen LogP contribution in [-0.2, 0) is 4.79 Å².